The first-order valence-corrected chi connectivity index (χ1v) is 15.3. The molecule has 0 aliphatic heterocycles. The Morgan fingerprint density at radius 3 is 1.63 bits per heavy atom. The van der Waals surface area contributed by atoms with Crippen molar-refractivity contribution in [3.63, 3.8) is 0 Å². The van der Waals surface area contributed by atoms with Crippen molar-refractivity contribution in [3.8, 4) is 33.4 Å². The van der Waals surface area contributed by atoms with Gasteiger partial charge in [-0.1, -0.05) is 170 Å². The van der Waals surface area contributed by atoms with Gasteiger partial charge in [0.1, 0.15) is 0 Å². The van der Waals surface area contributed by atoms with Crippen LogP contribution in [0.5, 0.6) is 0 Å². The van der Waals surface area contributed by atoms with E-state index in [1.165, 1.54) is 21.5 Å². The zero-order valence-electron chi connectivity index (χ0n) is 33.5. The van der Waals surface area contributed by atoms with Crippen LogP contribution in [-0.2, 0) is 0 Å². The molecule has 0 saturated carbocycles. The van der Waals surface area contributed by atoms with Crippen molar-refractivity contribution in [2.75, 3.05) is 0 Å². The monoisotopic (exact) mass is 589 g/mol. The molecule has 0 aliphatic rings. The third-order valence-electron chi connectivity index (χ3n) is 9.34. The number of hydrogen-bond donors (Lipinski definition) is 0. The van der Waals surface area contributed by atoms with Crippen LogP contribution in [0.15, 0.2) is 170 Å². The first-order chi connectivity index (χ1) is 26.6. The molecule has 0 radical (unpaired) electrons. The smallest absolute Gasteiger partial charge is 0.0622 e. The van der Waals surface area contributed by atoms with Gasteiger partial charge in [-0.25, -0.2) is 0 Å². The van der Waals surface area contributed by atoms with E-state index in [1.807, 2.05) is 48.5 Å². The van der Waals surface area contributed by atoms with Crippen LogP contribution in [0.3, 0.4) is 0 Å². The maximum absolute atomic E-state index is 9.47. The van der Waals surface area contributed by atoms with E-state index in [1.54, 1.807) is 0 Å². The quantitative estimate of drug-likeness (QED) is 0.142. The molecule has 46 heavy (non-hydrogen) atoms. The van der Waals surface area contributed by atoms with E-state index in [0.29, 0.717) is 5.56 Å². The molecule has 0 fully saturated rings. The van der Waals surface area contributed by atoms with E-state index in [0.717, 1.165) is 54.2 Å². The van der Waals surface area contributed by atoms with Crippen LogP contribution in [0.1, 0.15) is 12.3 Å². The van der Waals surface area contributed by atoms with Crippen molar-refractivity contribution in [1.29, 1.82) is 0 Å². The number of benzene rings is 10. The van der Waals surface area contributed by atoms with Crippen molar-refractivity contribution in [1.82, 2.24) is 0 Å². The van der Waals surface area contributed by atoms with Crippen LogP contribution in [0.4, 0.5) is 0 Å². The van der Waals surface area contributed by atoms with Crippen molar-refractivity contribution >= 4 is 64.6 Å². The molecule has 0 nitrogen and oxygen atoms in total. The van der Waals surface area contributed by atoms with Crippen molar-refractivity contribution in [2.24, 2.45) is 0 Å². The summed E-state index contributed by atoms with van der Waals surface area (Å²) >= 11 is 0. The van der Waals surface area contributed by atoms with E-state index < -0.39 is 42.3 Å². The normalized spacial score (nSPS) is 14.7. The highest BCUT2D eigenvalue weighted by molar-refractivity contribution is 6.32. The summed E-state index contributed by atoms with van der Waals surface area (Å²) < 4.78 is 79.1. The van der Waals surface area contributed by atoms with E-state index in [9.17, 15) is 5.48 Å². The van der Waals surface area contributed by atoms with Gasteiger partial charge in [0.15, 0.2) is 0 Å². The molecule has 0 saturated heterocycles. The summed E-state index contributed by atoms with van der Waals surface area (Å²) in [6.07, 6.45) is 0. The molecule has 0 N–H and O–H groups in total. The van der Waals surface area contributed by atoms with Gasteiger partial charge in [0, 0.05) is 0 Å². The van der Waals surface area contributed by atoms with Gasteiger partial charge >= 0.3 is 0 Å². The number of rotatable bonds is 3. The van der Waals surface area contributed by atoms with E-state index in [4.69, 9.17) is 6.85 Å². The lowest BCUT2D eigenvalue weighted by molar-refractivity contribution is 1.61. The molecular formula is C46H28. The van der Waals surface area contributed by atoms with Gasteiger partial charge in [-0.15, -0.1) is 0 Å². The maximum Gasteiger partial charge on any atom is 0.0629 e. The third-order valence-corrected chi connectivity index (χ3v) is 9.34. The minimum atomic E-state index is -0.608. The highest BCUT2D eigenvalue weighted by atomic mass is 14.2. The predicted molar refractivity (Wildman–Crippen MR) is 199 cm³/mol. The molecule has 10 aromatic rings. The molecule has 0 heterocycles. The lowest BCUT2D eigenvalue weighted by Gasteiger charge is -2.21. The Bertz CT molecular complexity index is 3240. The zero-order chi connectivity index (χ0) is 38.0. The molecule has 0 aliphatic carbocycles. The van der Waals surface area contributed by atoms with Crippen LogP contribution in [0.25, 0.3) is 98.0 Å². The van der Waals surface area contributed by atoms with Crippen LogP contribution < -0.4 is 0 Å². The molecule has 0 unspecified atom stereocenters. The molecule has 10 rings (SSSR count). The lowest BCUT2D eigenvalue weighted by atomic mass is 9.82. The fourth-order valence-electron chi connectivity index (χ4n) is 7.39. The molecule has 10 aromatic carbocycles. The van der Waals surface area contributed by atoms with Gasteiger partial charge in [0.05, 0.1) is 12.3 Å². The van der Waals surface area contributed by atoms with Gasteiger partial charge in [-0.2, -0.15) is 0 Å². The van der Waals surface area contributed by atoms with Crippen molar-refractivity contribution in [2.45, 2.75) is 0 Å². The van der Waals surface area contributed by atoms with E-state index in [2.05, 4.69) is 66.7 Å². The Balaban J connectivity index is 1.38. The molecule has 0 aromatic heterocycles. The number of hydrogen-bond acceptors (Lipinski definition) is 0. The average molecular weight is 590 g/mol. The van der Waals surface area contributed by atoms with Crippen LogP contribution >= 0.6 is 0 Å². The lowest BCUT2D eigenvalue weighted by Crippen LogP contribution is -1.93. The van der Waals surface area contributed by atoms with Crippen molar-refractivity contribution < 1.29 is 12.3 Å². The molecule has 0 bridgehead atoms. The van der Waals surface area contributed by atoms with E-state index >= 15 is 0 Å². The minimum absolute atomic E-state index is 0.0736. The highest BCUT2D eigenvalue weighted by Crippen LogP contribution is 2.49. The number of fused-ring (bicyclic) bond motifs is 4. The molecule has 0 heteroatoms. The van der Waals surface area contributed by atoms with Gasteiger partial charge in [-0.3, -0.25) is 0 Å². The van der Waals surface area contributed by atoms with Crippen molar-refractivity contribution in [3.05, 3.63) is 170 Å². The summed E-state index contributed by atoms with van der Waals surface area (Å²) in [7, 11) is 0. The first kappa shape index (κ1) is 18.1. The summed E-state index contributed by atoms with van der Waals surface area (Å²) in [4.78, 5) is 0. The largest absolute Gasteiger partial charge is 0.0629 e. The second kappa shape index (κ2) is 9.76. The van der Waals surface area contributed by atoms with Gasteiger partial charge in [-0.05, 0) is 98.0 Å². The SMILES string of the molecule is [2H]c1c([2H])c([2H])c(-c2c([2H])c([2H])c(-c3c4ccccc4c(-c4ccc5ccc6cccc7ccc4c5c67)c4c3ccc3ccccc34)c([2H])c2[2H])c([2H])c1[2H]. The fourth-order valence-corrected chi connectivity index (χ4v) is 7.39. The Labute approximate surface area is 279 Å². The second-order valence-corrected chi connectivity index (χ2v) is 11.7. The van der Waals surface area contributed by atoms with Crippen LogP contribution in [-0.4, -0.2) is 0 Å². The standard InChI is InChI=1S/C46H28/c1-2-9-29(10-3-1)30-17-19-34(20-18-30)43-37-15-6-7-16-38(37)46(45-36-14-5-4-11-31(36)23-28-41(43)45)40-27-25-35-22-21-32-12-8-13-33-24-26-39(40)44(35)42(32)33/h1-28H/i1D,2D,3D,9D,10D,17D,18D,19D,20D. The molecular weight excluding hydrogens is 553 g/mol. The summed E-state index contributed by atoms with van der Waals surface area (Å²) in [5.74, 6) is 0. The molecule has 0 spiro atoms. The molecule has 0 amide bonds. The summed E-state index contributed by atoms with van der Waals surface area (Å²) in [6, 6.07) is 34.7. The molecule has 0 atom stereocenters. The Morgan fingerprint density at radius 1 is 0.304 bits per heavy atom. The van der Waals surface area contributed by atoms with Gasteiger partial charge in [0.25, 0.3) is 0 Å². The first-order valence-electron chi connectivity index (χ1n) is 19.8. The Hall–Kier alpha value is -5.98. The fraction of sp³-hybridized carbons (Fsp3) is 0. The minimum Gasteiger partial charge on any atom is -0.0622 e. The van der Waals surface area contributed by atoms with Gasteiger partial charge in [0.2, 0.25) is 0 Å². The summed E-state index contributed by atoms with van der Waals surface area (Å²) in [6.45, 7) is 0. The Kier molecular flexibility index (Phi) is 3.84. The summed E-state index contributed by atoms with van der Waals surface area (Å²) in [5.41, 5.74) is 1.94. The zero-order valence-corrected chi connectivity index (χ0v) is 24.5. The highest BCUT2D eigenvalue weighted by Gasteiger charge is 2.21. The third kappa shape index (κ3) is 3.62. The maximum atomic E-state index is 9.47. The molecule has 212 valence electrons. The van der Waals surface area contributed by atoms with E-state index in [-0.39, 0.29) is 28.8 Å². The predicted octanol–water partition coefficient (Wildman–Crippen LogP) is 13.0. The van der Waals surface area contributed by atoms with Gasteiger partial charge < -0.3 is 0 Å². The second-order valence-electron chi connectivity index (χ2n) is 11.7. The Morgan fingerprint density at radius 2 is 0.848 bits per heavy atom. The van der Waals surface area contributed by atoms with Crippen LogP contribution in [0, 0.1) is 0 Å². The average Bonchev–Trinajstić information content (AvgIpc) is 3.21. The van der Waals surface area contributed by atoms with Crippen LogP contribution in [0.2, 0.25) is 0 Å². The summed E-state index contributed by atoms with van der Waals surface area (Å²) in [5, 5.41) is 12.2. The topological polar surface area (TPSA) is 0 Å².